The molecule has 21 heavy (non-hydrogen) atoms. The third kappa shape index (κ3) is 5.34. The average Bonchev–Trinajstić information content (AvgIpc) is 3.04. The van der Waals surface area contributed by atoms with Crippen LogP contribution in [0.4, 0.5) is 4.79 Å². The Morgan fingerprint density at radius 1 is 1.57 bits per heavy atom. The minimum atomic E-state index is -0.431. The predicted molar refractivity (Wildman–Crippen MR) is 78.9 cm³/mol. The summed E-state index contributed by atoms with van der Waals surface area (Å²) in [7, 11) is 0. The number of carbonyl (C=O) groups excluding carboxylic acids is 1. The molecule has 2 heterocycles. The summed E-state index contributed by atoms with van der Waals surface area (Å²) in [5.41, 5.74) is -0.431. The van der Waals surface area contributed by atoms with Crippen molar-refractivity contribution in [2.45, 2.75) is 51.7 Å². The number of likely N-dealkylation sites (tertiary alicyclic amines) is 1. The molecule has 1 aliphatic rings. The molecule has 1 atom stereocenters. The minimum absolute atomic E-state index is 0.214. The van der Waals surface area contributed by atoms with E-state index in [0.29, 0.717) is 6.04 Å². The van der Waals surface area contributed by atoms with E-state index in [1.54, 1.807) is 4.90 Å². The number of aromatic nitrogens is 3. The lowest BCUT2D eigenvalue weighted by Gasteiger charge is -2.24. The number of hydrogen-bond acceptors (Lipinski definition) is 5. The van der Waals surface area contributed by atoms with Gasteiger partial charge >= 0.3 is 6.09 Å². The van der Waals surface area contributed by atoms with Gasteiger partial charge in [0.15, 0.2) is 0 Å². The molecule has 1 aromatic rings. The summed E-state index contributed by atoms with van der Waals surface area (Å²) >= 11 is 0. The van der Waals surface area contributed by atoms with Crippen LogP contribution in [0.5, 0.6) is 0 Å². The average molecular weight is 295 g/mol. The van der Waals surface area contributed by atoms with Crippen molar-refractivity contribution >= 4 is 6.09 Å². The Balaban J connectivity index is 1.62. The summed E-state index contributed by atoms with van der Waals surface area (Å²) in [6.45, 7) is 8.06. The molecular weight excluding hydrogens is 270 g/mol. The van der Waals surface area contributed by atoms with Crippen LogP contribution in [-0.4, -0.2) is 57.5 Å². The van der Waals surface area contributed by atoms with E-state index < -0.39 is 5.60 Å². The molecule has 0 bridgehead atoms. The maximum Gasteiger partial charge on any atom is 0.410 e. The second-order valence-electron chi connectivity index (χ2n) is 6.40. The number of H-pyrrole nitrogens is 1. The molecule has 1 aliphatic heterocycles. The third-order valence-corrected chi connectivity index (χ3v) is 3.33. The van der Waals surface area contributed by atoms with Crippen molar-refractivity contribution in [3.8, 4) is 0 Å². The number of ether oxygens (including phenoxy) is 1. The molecule has 0 spiro atoms. The number of amides is 1. The second kappa shape index (κ2) is 6.89. The number of aryl methyl sites for hydroxylation is 1. The van der Waals surface area contributed by atoms with Gasteiger partial charge in [-0.05, 0) is 40.2 Å². The van der Waals surface area contributed by atoms with E-state index in [4.69, 9.17) is 4.74 Å². The largest absolute Gasteiger partial charge is 0.444 e. The van der Waals surface area contributed by atoms with Crippen LogP contribution < -0.4 is 5.32 Å². The molecule has 0 saturated carbocycles. The van der Waals surface area contributed by atoms with Crippen LogP contribution in [0.2, 0.25) is 0 Å². The molecule has 1 aromatic heterocycles. The molecule has 1 saturated heterocycles. The summed E-state index contributed by atoms with van der Waals surface area (Å²) in [4.78, 5) is 17.8. The van der Waals surface area contributed by atoms with Crippen molar-refractivity contribution in [1.82, 2.24) is 25.4 Å². The van der Waals surface area contributed by atoms with Gasteiger partial charge in [0.2, 0.25) is 0 Å². The summed E-state index contributed by atoms with van der Waals surface area (Å²) < 4.78 is 5.38. The van der Waals surface area contributed by atoms with E-state index in [1.165, 1.54) is 6.33 Å². The van der Waals surface area contributed by atoms with Gasteiger partial charge in [0.25, 0.3) is 0 Å². The first-order valence-electron chi connectivity index (χ1n) is 7.49. The standard InChI is InChI=1S/C14H25N5O2/c1-14(2,3)21-13(20)19-8-6-11(9-19)15-7-4-5-12-16-10-17-18-12/h10-11,15H,4-9H2,1-3H3,(H,16,17,18). The molecule has 7 nitrogen and oxygen atoms in total. The van der Waals surface area contributed by atoms with Gasteiger partial charge in [-0.2, -0.15) is 5.10 Å². The quantitative estimate of drug-likeness (QED) is 0.801. The smallest absolute Gasteiger partial charge is 0.410 e. The molecule has 0 aromatic carbocycles. The molecule has 1 amide bonds. The van der Waals surface area contributed by atoms with Gasteiger partial charge in [0.1, 0.15) is 17.8 Å². The van der Waals surface area contributed by atoms with Crippen LogP contribution in [0.1, 0.15) is 39.4 Å². The number of nitrogens with one attached hydrogen (secondary N) is 2. The zero-order valence-corrected chi connectivity index (χ0v) is 13.1. The van der Waals surface area contributed by atoms with Gasteiger partial charge in [-0.15, -0.1) is 0 Å². The summed E-state index contributed by atoms with van der Waals surface area (Å²) in [5, 5.41) is 10.2. The first kappa shape index (κ1) is 15.8. The zero-order valence-electron chi connectivity index (χ0n) is 13.1. The van der Waals surface area contributed by atoms with E-state index in [0.717, 1.165) is 44.7 Å². The predicted octanol–water partition coefficient (Wildman–Crippen LogP) is 1.34. The normalized spacial score (nSPS) is 19.0. The first-order valence-corrected chi connectivity index (χ1v) is 7.49. The highest BCUT2D eigenvalue weighted by molar-refractivity contribution is 5.68. The number of nitrogens with zero attached hydrogens (tertiary/aromatic N) is 3. The zero-order chi connectivity index (χ0) is 15.3. The Hall–Kier alpha value is -1.63. The molecule has 7 heteroatoms. The van der Waals surface area contributed by atoms with Crippen molar-refractivity contribution in [3.05, 3.63) is 12.2 Å². The molecule has 1 fully saturated rings. The highest BCUT2D eigenvalue weighted by Gasteiger charge is 2.29. The topological polar surface area (TPSA) is 83.1 Å². The van der Waals surface area contributed by atoms with E-state index >= 15 is 0 Å². The van der Waals surface area contributed by atoms with Crippen LogP contribution in [0.3, 0.4) is 0 Å². The van der Waals surface area contributed by atoms with E-state index in [9.17, 15) is 4.79 Å². The SMILES string of the molecule is CC(C)(C)OC(=O)N1CCC(NCCCc2ncn[nH]2)C1. The van der Waals surface area contributed by atoms with Crippen LogP contribution >= 0.6 is 0 Å². The van der Waals surface area contributed by atoms with Crippen molar-refractivity contribution in [3.63, 3.8) is 0 Å². The second-order valence-corrected chi connectivity index (χ2v) is 6.40. The third-order valence-electron chi connectivity index (χ3n) is 3.33. The Morgan fingerprint density at radius 3 is 3.05 bits per heavy atom. The molecule has 2 N–H and O–H groups in total. The van der Waals surface area contributed by atoms with Gasteiger partial charge in [0, 0.05) is 25.6 Å². The van der Waals surface area contributed by atoms with Gasteiger partial charge in [0.05, 0.1) is 0 Å². The molecule has 118 valence electrons. The highest BCUT2D eigenvalue weighted by atomic mass is 16.6. The van der Waals surface area contributed by atoms with Crippen molar-refractivity contribution in [2.75, 3.05) is 19.6 Å². The monoisotopic (exact) mass is 295 g/mol. The summed E-state index contributed by atoms with van der Waals surface area (Å²) in [6.07, 6.45) is 4.17. The van der Waals surface area contributed by atoms with Gasteiger partial charge < -0.3 is 15.0 Å². The number of hydrogen-bond donors (Lipinski definition) is 2. The van der Waals surface area contributed by atoms with E-state index in [1.807, 2.05) is 20.8 Å². The van der Waals surface area contributed by atoms with Gasteiger partial charge in [-0.1, -0.05) is 0 Å². The Bertz CT molecular complexity index is 441. The lowest BCUT2D eigenvalue weighted by molar-refractivity contribution is 0.0291. The first-order chi connectivity index (χ1) is 9.94. The molecule has 0 radical (unpaired) electrons. The fourth-order valence-electron chi connectivity index (χ4n) is 2.33. The van der Waals surface area contributed by atoms with Crippen LogP contribution in [0.15, 0.2) is 6.33 Å². The lowest BCUT2D eigenvalue weighted by Crippen LogP contribution is -2.38. The van der Waals surface area contributed by atoms with Crippen molar-refractivity contribution in [2.24, 2.45) is 0 Å². The fourth-order valence-corrected chi connectivity index (χ4v) is 2.33. The molecule has 2 rings (SSSR count). The van der Waals surface area contributed by atoms with E-state index in [-0.39, 0.29) is 6.09 Å². The number of aromatic amines is 1. The fraction of sp³-hybridized carbons (Fsp3) is 0.786. The maximum absolute atomic E-state index is 11.9. The maximum atomic E-state index is 11.9. The van der Waals surface area contributed by atoms with Crippen LogP contribution in [-0.2, 0) is 11.2 Å². The summed E-state index contributed by atoms with van der Waals surface area (Å²) in [6, 6.07) is 0.354. The lowest BCUT2D eigenvalue weighted by atomic mass is 10.2. The minimum Gasteiger partial charge on any atom is -0.444 e. The van der Waals surface area contributed by atoms with Crippen LogP contribution in [0, 0.1) is 0 Å². The number of carbonyl (C=O) groups is 1. The molecule has 0 aliphatic carbocycles. The Kier molecular flexibility index (Phi) is 5.17. The van der Waals surface area contributed by atoms with E-state index in [2.05, 4.69) is 20.5 Å². The van der Waals surface area contributed by atoms with Gasteiger partial charge in [-0.25, -0.2) is 9.78 Å². The van der Waals surface area contributed by atoms with Gasteiger partial charge in [-0.3, -0.25) is 5.10 Å². The Labute approximate surface area is 125 Å². The highest BCUT2D eigenvalue weighted by Crippen LogP contribution is 2.15. The number of rotatable bonds is 5. The molecule has 1 unspecified atom stereocenters. The Morgan fingerprint density at radius 2 is 2.38 bits per heavy atom. The summed E-state index contributed by atoms with van der Waals surface area (Å²) in [5.74, 6) is 0.915. The van der Waals surface area contributed by atoms with Crippen molar-refractivity contribution in [1.29, 1.82) is 0 Å². The molecular formula is C14H25N5O2. The van der Waals surface area contributed by atoms with Crippen molar-refractivity contribution < 1.29 is 9.53 Å². The van der Waals surface area contributed by atoms with Crippen LogP contribution in [0.25, 0.3) is 0 Å².